The summed E-state index contributed by atoms with van der Waals surface area (Å²) in [6.45, 7) is 4.32. The first-order valence-electron chi connectivity index (χ1n) is 9.08. The van der Waals surface area contributed by atoms with Crippen LogP contribution in [0.5, 0.6) is 5.88 Å². The predicted molar refractivity (Wildman–Crippen MR) is 115 cm³/mol. The number of nitrogens with zero attached hydrogens (tertiary/aromatic N) is 2. The summed E-state index contributed by atoms with van der Waals surface area (Å²) >= 11 is 5.80. The molecule has 29 heavy (non-hydrogen) atoms. The molecule has 0 aliphatic carbocycles. The van der Waals surface area contributed by atoms with Crippen molar-refractivity contribution in [1.29, 1.82) is 0 Å². The fourth-order valence-electron chi connectivity index (χ4n) is 2.98. The molecule has 0 unspecified atom stereocenters. The van der Waals surface area contributed by atoms with E-state index >= 15 is 0 Å². The molecule has 0 fully saturated rings. The molecule has 1 heterocycles. The predicted octanol–water partition coefficient (Wildman–Crippen LogP) is 4.80. The maximum Gasteiger partial charge on any atom is 0.263 e. The third kappa shape index (κ3) is 5.05. The number of aromatic nitrogens is 2. The fourth-order valence-corrected chi connectivity index (χ4v) is 4.34. The standard InChI is InChI=1S/C21H22ClN3O3S/c1-14(2)12-15-8-10-16(11-9-15)17-6-4-5-7-18(17)29(26,27)25-20-21(28-3)24-19(22)13-23-20/h4-11,13-14H,12H2,1-3H3,(H,23,25). The maximum atomic E-state index is 13.1. The van der Waals surface area contributed by atoms with E-state index in [1.54, 1.807) is 24.3 Å². The molecule has 1 aromatic heterocycles. The van der Waals surface area contributed by atoms with E-state index in [9.17, 15) is 8.42 Å². The van der Waals surface area contributed by atoms with Crippen molar-refractivity contribution in [2.45, 2.75) is 25.2 Å². The van der Waals surface area contributed by atoms with Crippen LogP contribution in [0.25, 0.3) is 11.1 Å². The molecule has 0 saturated heterocycles. The van der Waals surface area contributed by atoms with Gasteiger partial charge in [-0.1, -0.05) is 67.9 Å². The zero-order chi connectivity index (χ0) is 21.0. The highest BCUT2D eigenvalue weighted by Gasteiger charge is 2.22. The molecule has 1 N–H and O–H groups in total. The van der Waals surface area contributed by atoms with Crippen LogP contribution < -0.4 is 9.46 Å². The second kappa shape index (κ2) is 8.80. The molecular formula is C21H22ClN3O3S. The van der Waals surface area contributed by atoms with Gasteiger partial charge in [0.25, 0.3) is 15.9 Å². The average molecular weight is 432 g/mol. The van der Waals surface area contributed by atoms with Crippen molar-refractivity contribution in [2.24, 2.45) is 5.92 Å². The Morgan fingerprint density at radius 3 is 2.45 bits per heavy atom. The molecule has 3 aromatic rings. The van der Waals surface area contributed by atoms with Crippen molar-refractivity contribution >= 4 is 27.4 Å². The lowest BCUT2D eigenvalue weighted by atomic mass is 9.99. The lowest BCUT2D eigenvalue weighted by Gasteiger charge is -2.14. The van der Waals surface area contributed by atoms with E-state index in [0.29, 0.717) is 11.5 Å². The Morgan fingerprint density at radius 1 is 1.10 bits per heavy atom. The van der Waals surface area contributed by atoms with Gasteiger partial charge in [-0.25, -0.2) is 13.4 Å². The molecule has 2 aromatic carbocycles. The lowest BCUT2D eigenvalue weighted by Crippen LogP contribution is -2.16. The zero-order valence-corrected chi connectivity index (χ0v) is 18.0. The summed E-state index contributed by atoms with van der Waals surface area (Å²) in [5.41, 5.74) is 2.62. The second-order valence-corrected chi connectivity index (χ2v) is 8.99. The molecule has 0 amide bonds. The van der Waals surface area contributed by atoms with Gasteiger partial charge in [0.1, 0.15) is 0 Å². The van der Waals surface area contributed by atoms with Crippen molar-refractivity contribution in [1.82, 2.24) is 9.97 Å². The normalized spacial score (nSPS) is 11.5. The SMILES string of the molecule is COc1nc(Cl)cnc1NS(=O)(=O)c1ccccc1-c1ccc(CC(C)C)cc1. The van der Waals surface area contributed by atoms with E-state index in [1.165, 1.54) is 18.9 Å². The van der Waals surface area contributed by atoms with Crippen molar-refractivity contribution in [3.8, 4) is 17.0 Å². The zero-order valence-electron chi connectivity index (χ0n) is 16.4. The summed E-state index contributed by atoms with van der Waals surface area (Å²) < 4.78 is 33.7. The van der Waals surface area contributed by atoms with Crippen LogP contribution in [-0.2, 0) is 16.4 Å². The number of halogens is 1. The highest BCUT2D eigenvalue weighted by Crippen LogP contribution is 2.30. The minimum Gasteiger partial charge on any atom is -0.478 e. The van der Waals surface area contributed by atoms with E-state index < -0.39 is 10.0 Å². The molecule has 0 radical (unpaired) electrons. The minimum absolute atomic E-state index is 0.00315. The highest BCUT2D eigenvalue weighted by atomic mass is 35.5. The van der Waals surface area contributed by atoms with E-state index in [1.807, 2.05) is 24.3 Å². The Bertz CT molecular complexity index is 1100. The number of nitrogens with one attached hydrogen (secondary N) is 1. The number of hydrogen-bond acceptors (Lipinski definition) is 5. The third-order valence-electron chi connectivity index (χ3n) is 4.22. The molecule has 0 aliphatic heterocycles. The second-order valence-electron chi connectivity index (χ2n) is 6.95. The van der Waals surface area contributed by atoms with Crippen LogP contribution in [0.1, 0.15) is 19.4 Å². The van der Waals surface area contributed by atoms with Gasteiger partial charge >= 0.3 is 0 Å². The molecule has 6 nitrogen and oxygen atoms in total. The third-order valence-corrected chi connectivity index (χ3v) is 5.80. The van der Waals surface area contributed by atoms with Gasteiger partial charge in [0.05, 0.1) is 18.2 Å². The number of sulfonamides is 1. The minimum atomic E-state index is -3.94. The summed E-state index contributed by atoms with van der Waals surface area (Å²) in [6.07, 6.45) is 2.22. The molecule has 0 bridgehead atoms. The average Bonchev–Trinajstić information content (AvgIpc) is 2.69. The first-order valence-corrected chi connectivity index (χ1v) is 10.9. The quantitative estimate of drug-likeness (QED) is 0.580. The summed E-state index contributed by atoms with van der Waals surface area (Å²) in [5, 5.41) is 0.103. The van der Waals surface area contributed by atoms with Crippen molar-refractivity contribution in [2.75, 3.05) is 11.8 Å². The number of ether oxygens (including phenoxy) is 1. The maximum absolute atomic E-state index is 13.1. The first-order chi connectivity index (χ1) is 13.8. The number of methoxy groups -OCH3 is 1. The van der Waals surface area contributed by atoms with E-state index in [4.69, 9.17) is 16.3 Å². The van der Waals surface area contributed by atoms with Crippen LogP contribution in [0.3, 0.4) is 0 Å². The Labute approximate surface area is 176 Å². The van der Waals surface area contributed by atoms with Crippen LogP contribution in [0.2, 0.25) is 5.15 Å². The fraction of sp³-hybridized carbons (Fsp3) is 0.238. The molecule has 3 rings (SSSR count). The summed E-state index contributed by atoms with van der Waals surface area (Å²) in [6, 6.07) is 14.7. The first kappa shape index (κ1) is 21.1. The Balaban J connectivity index is 1.97. The van der Waals surface area contributed by atoms with E-state index in [2.05, 4.69) is 28.5 Å². The molecular weight excluding hydrogens is 410 g/mol. The smallest absolute Gasteiger partial charge is 0.263 e. The molecule has 0 atom stereocenters. The van der Waals surface area contributed by atoms with E-state index in [-0.39, 0.29) is 21.7 Å². The monoisotopic (exact) mass is 431 g/mol. The number of rotatable bonds is 7. The largest absolute Gasteiger partial charge is 0.478 e. The number of hydrogen-bond donors (Lipinski definition) is 1. The van der Waals surface area contributed by atoms with Gasteiger partial charge < -0.3 is 4.74 Å². The molecule has 8 heteroatoms. The van der Waals surface area contributed by atoms with Gasteiger partial charge in [-0.15, -0.1) is 0 Å². The number of anilines is 1. The molecule has 0 saturated carbocycles. The Morgan fingerprint density at radius 2 is 1.79 bits per heavy atom. The van der Waals surface area contributed by atoms with Crippen molar-refractivity contribution in [3.05, 3.63) is 65.4 Å². The van der Waals surface area contributed by atoms with Crippen LogP contribution in [0.4, 0.5) is 5.82 Å². The Hall–Kier alpha value is -2.64. The van der Waals surface area contributed by atoms with Gasteiger partial charge in [0.2, 0.25) is 5.82 Å². The van der Waals surface area contributed by atoms with Crippen molar-refractivity contribution in [3.63, 3.8) is 0 Å². The highest BCUT2D eigenvalue weighted by molar-refractivity contribution is 7.92. The molecule has 0 aliphatic rings. The summed E-state index contributed by atoms with van der Waals surface area (Å²) in [4.78, 5) is 8.06. The van der Waals surface area contributed by atoms with Gasteiger partial charge in [0, 0.05) is 5.56 Å². The molecule has 152 valence electrons. The van der Waals surface area contributed by atoms with Gasteiger partial charge in [-0.05, 0) is 29.5 Å². The topological polar surface area (TPSA) is 81.2 Å². The lowest BCUT2D eigenvalue weighted by molar-refractivity contribution is 0.398. The van der Waals surface area contributed by atoms with Gasteiger partial charge in [-0.3, -0.25) is 4.72 Å². The van der Waals surface area contributed by atoms with Gasteiger partial charge in [-0.2, -0.15) is 4.98 Å². The van der Waals surface area contributed by atoms with Gasteiger partial charge in [0.15, 0.2) is 5.15 Å². The summed E-state index contributed by atoms with van der Waals surface area (Å²) in [5.74, 6) is 0.517. The van der Waals surface area contributed by atoms with Crippen LogP contribution in [0, 0.1) is 5.92 Å². The Kier molecular flexibility index (Phi) is 6.39. The summed E-state index contributed by atoms with van der Waals surface area (Å²) in [7, 11) is -2.58. The number of benzene rings is 2. The van der Waals surface area contributed by atoms with Crippen LogP contribution in [0.15, 0.2) is 59.6 Å². The van der Waals surface area contributed by atoms with Crippen LogP contribution >= 0.6 is 11.6 Å². The van der Waals surface area contributed by atoms with Crippen molar-refractivity contribution < 1.29 is 13.2 Å². The van der Waals surface area contributed by atoms with E-state index in [0.717, 1.165) is 12.0 Å². The van der Waals surface area contributed by atoms with Crippen LogP contribution in [-0.4, -0.2) is 25.5 Å². The molecule has 0 spiro atoms.